The molecule has 1 amide bonds. The fourth-order valence-electron chi connectivity index (χ4n) is 3.94. The summed E-state index contributed by atoms with van der Waals surface area (Å²) in [5.74, 6) is -0.185. The number of hydrogen-bond acceptors (Lipinski definition) is 7. The Morgan fingerprint density at radius 2 is 1.92 bits per heavy atom. The first-order valence-corrected chi connectivity index (χ1v) is 11.6. The van der Waals surface area contributed by atoms with Crippen molar-refractivity contribution in [1.29, 1.82) is 0 Å². The third-order valence-corrected chi connectivity index (χ3v) is 5.51. The summed E-state index contributed by atoms with van der Waals surface area (Å²) >= 11 is 0. The lowest BCUT2D eigenvalue weighted by atomic mass is 10.0. The van der Waals surface area contributed by atoms with E-state index in [1.165, 1.54) is 23.0 Å². The molecule has 1 aliphatic heterocycles. The van der Waals surface area contributed by atoms with Gasteiger partial charge in [-0.25, -0.2) is 0 Å². The molecule has 36 heavy (non-hydrogen) atoms. The second-order valence-corrected chi connectivity index (χ2v) is 9.81. The number of esters is 1. The highest BCUT2D eigenvalue weighted by Crippen LogP contribution is 2.31. The third-order valence-electron chi connectivity index (χ3n) is 5.51. The molecule has 2 heterocycles. The molecule has 0 radical (unpaired) electrons. The van der Waals surface area contributed by atoms with Crippen LogP contribution in [0.15, 0.2) is 24.3 Å². The molecule has 12 heteroatoms. The van der Waals surface area contributed by atoms with Gasteiger partial charge in [-0.2, -0.15) is 18.0 Å². The molecule has 9 nitrogen and oxygen atoms in total. The largest absolute Gasteiger partial charge is 0.459 e. The van der Waals surface area contributed by atoms with Crippen molar-refractivity contribution in [2.24, 2.45) is 0 Å². The number of alkyl halides is 3. The molecule has 196 valence electrons. The number of ether oxygens (including phenoxy) is 1. The molecule has 1 aliphatic rings. The maximum Gasteiger partial charge on any atom is 0.416 e. The summed E-state index contributed by atoms with van der Waals surface area (Å²) < 4.78 is 45.2. The van der Waals surface area contributed by atoms with Crippen molar-refractivity contribution >= 4 is 18.0 Å². The van der Waals surface area contributed by atoms with Crippen LogP contribution in [0.1, 0.15) is 50.2 Å². The summed E-state index contributed by atoms with van der Waals surface area (Å²) in [4.78, 5) is 29.8. The fourth-order valence-corrected chi connectivity index (χ4v) is 3.94. The topological polar surface area (TPSA) is 93.5 Å². The Morgan fingerprint density at radius 3 is 2.50 bits per heavy atom. The molecule has 1 saturated heterocycles. The molecule has 0 aliphatic carbocycles. The summed E-state index contributed by atoms with van der Waals surface area (Å²) in [5, 5.41) is 11.6. The lowest BCUT2D eigenvalue weighted by molar-refractivity contribution is -0.156. The molecule has 1 fully saturated rings. The number of amides is 1. The lowest BCUT2D eigenvalue weighted by Crippen LogP contribution is -2.54. The maximum absolute atomic E-state index is 13.3. The van der Waals surface area contributed by atoms with Crippen LogP contribution in [0.3, 0.4) is 0 Å². The van der Waals surface area contributed by atoms with Gasteiger partial charge < -0.3 is 9.64 Å². The van der Waals surface area contributed by atoms with Gasteiger partial charge in [0.1, 0.15) is 5.60 Å². The average molecular weight is 509 g/mol. The van der Waals surface area contributed by atoms with E-state index < -0.39 is 17.3 Å². The molecular formula is C24H31F3N6O3. The van der Waals surface area contributed by atoms with Crippen LogP contribution in [-0.4, -0.2) is 79.7 Å². The van der Waals surface area contributed by atoms with Crippen molar-refractivity contribution in [2.45, 2.75) is 59.0 Å². The summed E-state index contributed by atoms with van der Waals surface area (Å²) in [7, 11) is 0. The molecule has 3 rings (SSSR count). The minimum atomic E-state index is -4.51. The van der Waals surface area contributed by atoms with E-state index in [4.69, 9.17) is 4.74 Å². The van der Waals surface area contributed by atoms with Gasteiger partial charge in [-0.15, -0.1) is 10.2 Å². The van der Waals surface area contributed by atoms with E-state index in [1.54, 1.807) is 11.8 Å². The number of carbonyl (C=O) groups excluding carboxylic acids is 2. The van der Waals surface area contributed by atoms with Crippen molar-refractivity contribution in [3.8, 4) is 0 Å². The number of aryl methyl sites for hydroxylation is 1. The Kier molecular flexibility index (Phi) is 8.17. The van der Waals surface area contributed by atoms with E-state index in [2.05, 4.69) is 15.4 Å². The highest BCUT2D eigenvalue weighted by molar-refractivity contribution is 5.92. The van der Waals surface area contributed by atoms with E-state index in [0.717, 1.165) is 12.1 Å². The monoisotopic (exact) mass is 508 g/mol. The van der Waals surface area contributed by atoms with Crippen LogP contribution in [0, 0.1) is 6.92 Å². The van der Waals surface area contributed by atoms with Crippen LogP contribution < -0.4 is 0 Å². The second kappa shape index (κ2) is 10.8. The number of halogens is 3. The molecule has 1 aromatic heterocycles. The number of carbonyl (C=O) groups is 2. The Labute approximate surface area is 207 Å². The first-order valence-electron chi connectivity index (χ1n) is 11.6. The van der Waals surface area contributed by atoms with E-state index in [1.807, 2.05) is 32.6 Å². The van der Waals surface area contributed by atoms with Crippen LogP contribution >= 0.6 is 0 Å². The molecule has 2 aromatic rings. The zero-order chi connectivity index (χ0) is 26.7. The van der Waals surface area contributed by atoms with Crippen molar-refractivity contribution in [1.82, 2.24) is 30.0 Å². The van der Waals surface area contributed by atoms with Gasteiger partial charge in [0.2, 0.25) is 5.91 Å². The standard InChI is InChI=1S/C24H31F3N6O3/c1-16-13-31(15-22(35)36-23(3,4)5)10-11-32(16)21(34)9-7-18-6-8-20(24(25,26)27)12-19(18)14-33-29-17(2)28-30-33/h6-9,12,16H,10-11,13-15H2,1-5H3/b9-7+/t16-/m1/s1. The van der Waals surface area contributed by atoms with Gasteiger partial charge in [0.15, 0.2) is 5.82 Å². The molecule has 0 unspecified atom stereocenters. The van der Waals surface area contributed by atoms with Gasteiger partial charge in [-0.3, -0.25) is 14.5 Å². The van der Waals surface area contributed by atoms with Gasteiger partial charge in [0, 0.05) is 31.8 Å². The molecule has 1 atom stereocenters. The zero-order valence-corrected chi connectivity index (χ0v) is 21.0. The van der Waals surface area contributed by atoms with Crippen LogP contribution in [-0.2, 0) is 27.0 Å². The number of benzene rings is 1. The Morgan fingerprint density at radius 1 is 1.19 bits per heavy atom. The summed E-state index contributed by atoms with van der Waals surface area (Å²) in [6, 6.07) is 3.17. The second-order valence-electron chi connectivity index (χ2n) is 9.81. The summed E-state index contributed by atoms with van der Waals surface area (Å²) in [6.07, 6.45) is -1.65. The van der Waals surface area contributed by atoms with Crippen LogP contribution in [0.4, 0.5) is 13.2 Å². The average Bonchev–Trinajstić information content (AvgIpc) is 3.15. The van der Waals surface area contributed by atoms with Crippen LogP contribution in [0.25, 0.3) is 6.08 Å². The van der Waals surface area contributed by atoms with Crippen molar-refractivity contribution in [3.05, 3.63) is 46.8 Å². The highest BCUT2D eigenvalue weighted by atomic mass is 19.4. The molecular weight excluding hydrogens is 477 g/mol. The normalized spacial score (nSPS) is 17.6. The first-order chi connectivity index (χ1) is 16.7. The molecule has 1 aromatic carbocycles. The molecule has 0 N–H and O–H groups in total. The zero-order valence-electron chi connectivity index (χ0n) is 21.0. The number of aromatic nitrogens is 4. The van der Waals surface area contributed by atoms with Crippen LogP contribution in [0.2, 0.25) is 0 Å². The first kappa shape index (κ1) is 27.3. The summed E-state index contributed by atoms with van der Waals surface area (Å²) in [5.41, 5.74) is -0.609. The van der Waals surface area contributed by atoms with Crippen molar-refractivity contribution < 1.29 is 27.5 Å². The minimum absolute atomic E-state index is 0.0294. The SMILES string of the molecule is Cc1nnn(Cc2cc(C(F)(F)F)ccc2/C=C/C(=O)N2CCN(CC(=O)OC(C)(C)C)C[C@H]2C)n1. The van der Waals surface area contributed by atoms with Crippen molar-refractivity contribution in [2.75, 3.05) is 26.2 Å². The highest BCUT2D eigenvalue weighted by Gasteiger charge is 2.31. The van der Waals surface area contributed by atoms with E-state index in [-0.39, 0.29) is 31.0 Å². The Balaban J connectivity index is 1.69. The van der Waals surface area contributed by atoms with Crippen LogP contribution in [0.5, 0.6) is 0 Å². The molecule has 0 bridgehead atoms. The third kappa shape index (κ3) is 7.61. The Hall–Kier alpha value is -3.28. The predicted molar refractivity (Wildman–Crippen MR) is 126 cm³/mol. The summed E-state index contributed by atoms with van der Waals surface area (Å²) in [6.45, 7) is 10.5. The maximum atomic E-state index is 13.3. The number of piperazine rings is 1. The lowest BCUT2D eigenvalue weighted by Gasteiger charge is -2.39. The predicted octanol–water partition coefficient (Wildman–Crippen LogP) is 2.94. The van der Waals surface area contributed by atoms with E-state index in [9.17, 15) is 22.8 Å². The number of hydrogen-bond donors (Lipinski definition) is 0. The van der Waals surface area contributed by atoms with Gasteiger partial charge in [-0.1, -0.05) is 6.07 Å². The van der Waals surface area contributed by atoms with Crippen molar-refractivity contribution in [3.63, 3.8) is 0 Å². The smallest absolute Gasteiger partial charge is 0.416 e. The Bertz CT molecular complexity index is 1120. The van der Waals surface area contributed by atoms with E-state index >= 15 is 0 Å². The quantitative estimate of drug-likeness (QED) is 0.438. The minimum Gasteiger partial charge on any atom is -0.459 e. The molecule has 0 saturated carbocycles. The van der Waals surface area contributed by atoms with Gasteiger partial charge in [0.25, 0.3) is 0 Å². The number of tetrazole rings is 1. The number of rotatable bonds is 6. The van der Waals surface area contributed by atoms with E-state index in [0.29, 0.717) is 36.6 Å². The van der Waals surface area contributed by atoms with Gasteiger partial charge >= 0.3 is 12.1 Å². The van der Waals surface area contributed by atoms with Gasteiger partial charge in [0.05, 0.1) is 18.7 Å². The number of nitrogens with zero attached hydrogens (tertiary/aromatic N) is 6. The molecule has 0 spiro atoms. The fraction of sp³-hybridized carbons (Fsp3) is 0.542. The van der Waals surface area contributed by atoms with Gasteiger partial charge in [-0.05, 0) is 69.2 Å².